The number of thiophene rings is 1. The third-order valence-electron chi connectivity index (χ3n) is 2.77. The Morgan fingerprint density at radius 1 is 1.38 bits per heavy atom. The first-order valence-corrected chi connectivity index (χ1v) is 9.20. The molecular formula is C13H14BrFN2O2S2. The summed E-state index contributed by atoms with van der Waals surface area (Å²) in [5, 5.41) is 4.71. The van der Waals surface area contributed by atoms with E-state index in [2.05, 4.69) is 26.0 Å². The molecule has 2 N–H and O–H groups in total. The molecule has 21 heavy (non-hydrogen) atoms. The number of hydrogen-bond acceptors (Lipinski definition) is 4. The molecule has 0 aliphatic carbocycles. The molecule has 0 saturated carbocycles. The zero-order chi connectivity index (χ0) is 15.6. The zero-order valence-electron chi connectivity index (χ0n) is 11.4. The van der Waals surface area contributed by atoms with Crippen molar-refractivity contribution < 1.29 is 12.8 Å². The predicted octanol–water partition coefficient (Wildman–Crippen LogP) is 3.48. The standard InChI is InChI=1S/C13H14BrFN2O2S2/c1-8-7-20-12(6-16-2)13(8)21(18,19)17-11-4-3-9(14)5-10(11)15/h3-5,7,16-17H,6H2,1-2H3. The van der Waals surface area contributed by atoms with Gasteiger partial charge in [0.2, 0.25) is 0 Å². The summed E-state index contributed by atoms with van der Waals surface area (Å²) in [6, 6.07) is 4.18. The molecule has 1 heterocycles. The first-order valence-electron chi connectivity index (χ1n) is 6.04. The molecule has 0 atom stereocenters. The summed E-state index contributed by atoms with van der Waals surface area (Å²) in [5.41, 5.74) is 0.578. The number of benzene rings is 1. The minimum atomic E-state index is -3.82. The van der Waals surface area contributed by atoms with E-state index in [9.17, 15) is 12.8 Å². The average Bonchev–Trinajstić information content (AvgIpc) is 2.75. The molecule has 0 saturated heterocycles. The van der Waals surface area contributed by atoms with Crippen molar-refractivity contribution in [3.63, 3.8) is 0 Å². The van der Waals surface area contributed by atoms with Gasteiger partial charge in [0.15, 0.2) is 0 Å². The van der Waals surface area contributed by atoms with Gasteiger partial charge in [-0.2, -0.15) is 0 Å². The maximum absolute atomic E-state index is 13.8. The Morgan fingerprint density at radius 2 is 2.10 bits per heavy atom. The normalized spacial score (nSPS) is 11.6. The summed E-state index contributed by atoms with van der Waals surface area (Å²) in [5.74, 6) is -0.629. The van der Waals surface area contributed by atoms with Crippen LogP contribution < -0.4 is 10.0 Å². The quantitative estimate of drug-likeness (QED) is 0.818. The van der Waals surface area contributed by atoms with Crippen LogP contribution in [0, 0.1) is 12.7 Å². The van der Waals surface area contributed by atoms with Gasteiger partial charge < -0.3 is 5.32 Å². The molecule has 8 heteroatoms. The predicted molar refractivity (Wildman–Crippen MR) is 86.7 cm³/mol. The number of halogens is 2. The molecule has 0 aliphatic heterocycles. The van der Waals surface area contributed by atoms with E-state index in [1.165, 1.54) is 23.5 Å². The lowest BCUT2D eigenvalue weighted by Gasteiger charge is -2.11. The third kappa shape index (κ3) is 3.63. The van der Waals surface area contributed by atoms with Crippen LogP contribution in [0.5, 0.6) is 0 Å². The molecule has 2 aromatic rings. The second-order valence-electron chi connectivity index (χ2n) is 4.43. The second kappa shape index (κ2) is 6.43. The molecule has 1 aromatic carbocycles. The summed E-state index contributed by atoms with van der Waals surface area (Å²) in [4.78, 5) is 0.907. The van der Waals surface area contributed by atoms with Crippen LogP contribution in [0.2, 0.25) is 0 Å². The zero-order valence-corrected chi connectivity index (χ0v) is 14.6. The molecule has 0 spiro atoms. The largest absolute Gasteiger partial charge is 0.315 e. The van der Waals surface area contributed by atoms with Gasteiger partial charge in [0.05, 0.1) is 5.69 Å². The topological polar surface area (TPSA) is 58.2 Å². The highest BCUT2D eigenvalue weighted by Crippen LogP contribution is 2.29. The Morgan fingerprint density at radius 3 is 2.71 bits per heavy atom. The highest BCUT2D eigenvalue weighted by atomic mass is 79.9. The van der Waals surface area contributed by atoms with Gasteiger partial charge in [-0.3, -0.25) is 4.72 Å². The summed E-state index contributed by atoms with van der Waals surface area (Å²) in [7, 11) is -2.08. The van der Waals surface area contributed by atoms with E-state index < -0.39 is 15.8 Å². The van der Waals surface area contributed by atoms with Gasteiger partial charge >= 0.3 is 0 Å². The Hall–Kier alpha value is -0.960. The van der Waals surface area contributed by atoms with Crippen LogP contribution in [0.1, 0.15) is 10.4 Å². The van der Waals surface area contributed by atoms with Gasteiger partial charge in [-0.25, -0.2) is 12.8 Å². The van der Waals surface area contributed by atoms with Crippen LogP contribution in [-0.2, 0) is 16.6 Å². The van der Waals surface area contributed by atoms with Crippen LogP contribution in [0.15, 0.2) is 32.9 Å². The van der Waals surface area contributed by atoms with Crippen molar-refractivity contribution in [1.29, 1.82) is 0 Å². The number of sulfonamides is 1. The highest BCUT2D eigenvalue weighted by molar-refractivity contribution is 9.10. The summed E-state index contributed by atoms with van der Waals surface area (Å²) in [6.07, 6.45) is 0. The number of hydrogen-bond donors (Lipinski definition) is 2. The van der Waals surface area contributed by atoms with E-state index in [4.69, 9.17) is 0 Å². The van der Waals surface area contributed by atoms with Crippen LogP contribution >= 0.6 is 27.3 Å². The van der Waals surface area contributed by atoms with E-state index >= 15 is 0 Å². The van der Waals surface area contributed by atoms with Crippen molar-refractivity contribution >= 4 is 43.0 Å². The van der Waals surface area contributed by atoms with Crippen molar-refractivity contribution in [2.45, 2.75) is 18.4 Å². The van der Waals surface area contributed by atoms with Gasteiger partial charge in [0, 0.05) is 15.9 Å². The van der Waals surface area contributed by atoms with Crippen molar-refractivity contribution in [2.75, 3.05) is 11.8 Å². The summed E-state index contributed by atoms with van der Waals surface area (Å²) in [6.45, 7) is 2.17. The smallest absolute Gasteiger partial charge is 0.263 e. The second-order valence-corrected chi connectivity index (χ2v) is 7.93. The number of nitrogens with one attached hydrogen (secondary N) is 2. The first-order chi connectivity index (χ1) is 9.85. The van der Waals surface area contributed by atoms with Crippen LogP contribution in [0.3, 0.4) is 0 Å². The molecule has 0 radical (unpaired) electrons. The van der Waals surface area contributed by atoms with E-state index in [0.717, 1.165) is 0 Å². The number of rotatable bonds is 5. The first kappa shape index (κ1) is 16.4. The Labute approximate surface area is 135 Å². The Bertz CT molecular complexity index is 760. The molecule has 0 bridgehead atoms. The van der Waals surface area contributed by atoms with E-state index in [1.807, 2.05) is 0 Å². The lowest BCUT2D eigenvalue weighted by atomic mass is 10.3. The highest BCUT2D eigenvalue weighted by Gasteiger charge is 2.23. The molecule has 4 nitrogen and oxygen atoms in total. The molecule has 1 aromatic heterocycles. The van der Waals surface area contributed by atoms with Gasteiger partial charge in [0.25, 0.3) is 10.0 Å². The van der Waals surface area contributed by atoms with Gasteiger partial charge in [-0.1, -0.05) is 15.9 Å². The fourth-order valence-electron chi connectivity index (χ4n) is 1.90. The molecular weight excluding hydrogens is 379 g/mol. The van der Waals surface area contributed by atoms with E-state index in [-0.39, 0.29) is 10.6 Å². The minimum Gasteiger partial charge on any atom is -0.315 e. The SMILES string of the molecule is CNCc1scc(C)c1S(=O)(=O)Nc1ccc(Br)cc1F. The van der Waals surface area contributed by atoms with Crippen LogP contribution in [-0.4, -0.2) is 15.5 Å². The molecule has 2 rings (SSSR count). The van der Waals surface area contributed by atoms with Crippen LogP contribution in [0.4, 0.5) is 10.1 Å². The Kier molecular flexibility index (Phi) is 5.03. The summed E-state index contributed by atoms with van der Waals surface area (Å²) >= 11 is 4.50. The number of anilines is 1. The Balaban J connectivity index is 2.41. The van der Waals surface area contributed by atoms with E-state index in [1.54, 1.807) is 25.4 Å². The van der Waals surface area contributed by atoms with Crippen LogP contribution in [0.25, 0.3) is 0 Å². The van der Waals surface area contributed by atoms with Gasteiger partial charge in [0.1, 0.15) is 10.7 Å². The molecule has 114 valence electrons. The molecule has 0 fully saturated rings. The minimum absolute atomic E-state index is 0.0702. The lowest BCUT2D eigenvalue weighted by molar-refractivity contribution is 0.597. The van der Waals surface area contributed by atoms with Crippen molar-refractivity contribution in [1.82, 2.24) is 5.32 Å². The third-order valence-corrected chi connectivity index (χ3v) is 6.09. The summed E-state index contributed by atoms with van der Waals surface area (Å²) < 4.78 is 41.7. The van der Waals surface area contributed by atoms with Gasteiger partial charge in [-0.05, 0) is 43.1 Å². The number of aryl methyl sites for hydroxylation is 1. The van der Waals surface area contributed by atoms with Crippen molar-refractivity contribution in [3.05, 3.63) is 44.3 Å². The lowest BCUT2D eigenvalue weighted by Crippen LogP contribution is -2.17. The molecule has 0 unspecified atom stereocenters. The van der Waals surface area contributed by atoms with Crippen molar-refractivity contribution in [2.24, 2.45) is 0 Å². The molecule has 0 aliphatic rings. The maximum atomic E-state index is 13.8. The fraction of sp³-hybridized carbons (Fsp3) is 0.231. The average molecular weight is 393 g/mol. The molecule has 0 amide bonds. The fourth-order valence-corrected chi connectivity index (χ4v) is 5.12. The monoisotopic (exact) mass is 392 g/mol. The maximum Gasteiger partial charge on any atom is 0.263 e. The van der Waals surface area contributed by atoms with Crippen molar-refractivity contribution in [3.8, 4) is 0 Å². The van der Waals surface area contributed by atoms with E-state index in [0.29, 0.717) is 21.5 Å². The van der Waals surface area contributed by atoms with Gasteiger partial charge in [-0.15, -0.1) is 11.3 Å².